The molecule has 0 radical (unpaired) electrons. The molecule has 98 valence electrons. The number of aromatic nitrogens is 1. The Morgan fingerprint density at radius 2 is 2.05 bits per heavy atom. The van der Waals surface area contributed by atoms with E-state index in [4.69, 9.17) is 10.5 Å². The zero-order chi connectivity index (χ0) is 13.8. The molecule has 1 heterocycles. The molecule has 0 fully saturated rings. The molecule has 2 aromatic rings. The first kappa shape index (κ1) is 12.9. The average molecular weight is 264 g/mol. The first-order chi connectivity index (χ1) is 9.08. The van der Waals surface area contributed by atoms with Crippen molar-refractivity contribution in [3.8, 4) is 0 Å². The van der Waals surface area contributed by atoms with Gasteiger partial charge in [0.1, 0.15) is 6.61 Å². The molecular weight excluding hydrogens is 254 g/mol. The van der Waals surface area contributed by atoms with Crippen molar-refractivity contribution in [2.45, 2.75) is 6.61 Å². The zero-order valence-corrected chi connectivity index (χ0v) is 9.77. The van der Waals surface area contributed by atoms with Crippen molar-refractivity contribution in [1.29, 1.82) is 0 Å². The fraction of sp³-hybridized carbons (Fsp3) is 0.0769. The van der Waals surface area contributed by atoms with E-state index in [-0.39, 0.29) is 17.9 Å². The average Bonchev–Trinajstić information content (AvgIpc) is 2.41. The van der Waals surface area contributed by atoms with Gasteiger partial charge < -0.3 is 10.5 Å². The maximum atomic E-state index is 13.0. The lowest BCUT2D eigenvalue weighted by atomic mass is 10.1. The normalized spacial score (nSPS) is 10.2. The Bertz CT molecular complexity index is 603. The fourth-order valence-electron chi connectivity index (χ4n) is 1.45. The number of pyridine rings is 1. The molecule has 0 amide bonds. The molecule has 0 atom stereocenters. The van der Waals surface area contributed by atoms with Crippen LogP contribution < -0.4 is 5.73 Å². The Kier molecular flexibility index (Phi) is 3.70. The highest BCUT2D eigenvalue weighted by Gasteiger charge is 2.15. The lowest BCUT2D eigenvalue weighted by molar-refractivity contribution is 0.0473. The van der Waals surface area contributed by atoms with Gasteiger partial charge in [-0.05, 0) is 12.1 Å². The van der Waals surface area contributed by atoms with Gasteiger partial charge >= 0.3 is 5.97 Å². The summed E-state index contributed by atoms with van der Waals surface area (Å²) in [4.78, 5) is 15.5. The van der Waals surface area contributed by atoms with Crippen LogP contribution in [0.3, 0.4) is 0 Å². The van der Waals surface area contributed by atoms with Gasteiger partial charge in [-0.1, -0.05) is 6.07 Å². The van der Waals surface area contributed by atoms with Crippen LogP contribution in [0.1, 0.15) is 15.9 Å². The van der Waals surface area contributed by atoms with E-state index in [2.05, 4.69) is 4.98 Å². The second-order valence-electron chi connectivity index (χ2n) is 3.79. The topological polar surface area (TPSA) is 65.2 Å². The minimum Gasteiger partial charge on any atom is -0.457 e. The number of benzene rings is 1. The largest absolute Gasteiger partial charge is 0.457 e. The maximum absolute atomic E-state index is 13.0. The van der Waals surface area contributed by atoms with Crippen LogP contribution in [0.15, 0.2) is 36.7 Å². The smallest absolute Gasteiger partial charge is 0.340 e. The Labute approximate surface area is 107 Å². The van der Waals surface area contributed by atoms with Gasteiger partial charge in [0.2, 0.25) is 0 Å². The summed E-state index contributed by atoms with van der Waals surface area (Å²) < 4.78 is 30.8. The highest BCUT2D eigenvalue weighted by atomic mass is 19.2. The van der Waals surface area contributed by atoms with Gasteiger partial charge in [0.15, 0.2) is 11.6 Å². The fourth-order valence-corrected chi connectivity index (χ4v) is 1.45. The Morgan fingerprint density at radius 3 is 2.74 bits per heavy atom. The van der Waals surface area contributed by atoms with Gasteiger partial charge in [0.05, 0.1) is 5.56 Å². The summed E-state index contributed by atoms with van der Waals surface area (Å²) in [5, 5.41) is 0. The molecular formula is C13H10F2N2O2. The first-order valence-corrected chi connectivity index (χ1v) is 5.38. The Hall–Kier alpha value is -2.50. The number of nitrogens with zero attached hydrogens (tertiary/aromatic N) is 1. The molecule has 0 bridgehead atoms. The molecule has 2 rings (SSSR count). The van der Waals surface area contributed by atoms with E-state index in [1.54, 1.807) is 18.3 Å². The van der Waals surface area contributed by atoms with Crippen LogP contribution in [0.4, 0.5) is 14.5 Å². The van der Waals surface area contributed by atoms with Crippen LogP contribution in [0, 0.1) is 11.6 Å². The van der Waals surface area contributed by atoms with Gasteiger partial charge in [-0.2, -0.15) is 0 Å². The monoisotopic (exact) mass is 264 g/mol. The third-order valence-electron chi connectivity index (χ3n) is 2.41. The molecule has 0 aliphatic rings. The van der Waals surface area contributed by atoms with E-state index >= 15 is 0 Å². The lowest BCUT2D eigenvalue weighted by Gasteiger charge is -2.07. The molecule has 0 unspecified atom stereocenters. The predicted molar refractivity (Wildman–Crippen MR) is 64.1 cm³/mol. The lowest BCUT2D eigenvalue weighted by Crippen LogP contribution is -2.09. The predicted octanol–water partition coefficient (Wildman–Crippen LogP) is 2.30. The number of ether oxygens (including phenoxy) is 1. The molecule has 6 heteroatoms. The number of anilines is 1. The molecule has 0 aliphatic heterocycles. The standard InChI is InChI=1S/C13H10F2N2O2/c14-10-4-9(12(16)5-11(10)15)13(18)19-7-8-2-1-3-17-6-8/h1-6H,7,16H2. The maximum Gasteiger partial charge on any atom is 0.340 e. The number of esters is 1. The van der Waals surface area contributed by atoms with E-state index in [0.29, 0.717) is 5.56 Å². The van der Waals surface area contributed by atoms with Gasteiger partial charge in [0, 0.05) is 29.7 Å². The van der Waals surface area contributed by atoms with Crippen molar-refractivity contribution in [2.75, 3.05) is 5.73 Å². The second kappa shape index (κ2) is 5.43. The molecule has 2 N–H and O–H groups in total. The second-order valence-corrected chi connectivity index (χ2v) is 3.79. The van der Waals surface area contributed by atoms with E-state index in [9.17, 15) is 13.6 Å². The number of hydrogen-bond acceptors (Lipinski definition) is 4. The van der Waals surface area contributed by atoms with E-state index in [1.807, 2.05) is 0 Å². The number of carbonyl (C=O) groups excluding carboxylic acids is 1. The van der Waals surface area contributed by atoms with Crippen LogP contribution in [-0.2, 0) is 11.3 Å². The number of nitrogens with two attached hydrogens (primary N) is 1. The molecule has 1 aromatic carbocycles. The Morgan fingerprint density at radius 1 is 1.32 bits per heavy atom. The number of nitrogen functional groups attached to an aromatic ring is 1. The SMILES string of the molecule is Nc1cc(F)c(F)cc1C(=O)OCc1cccnc1. The van der Waals surface area contributed by atoms with Crippen LogP contribution in [0.2, 0.25) is 0 Å². The third kappa shape index (κ3) is 3.04. The van der Waals surface area contributed by atoms with E-state index < -0.39 is 17.6 Å². The minimum absolute atomic E-state index is 0.0227. The van der Waals surface area contributed by atoms with Crippen LogP contribution in [0.25, 0.3) is 0 Å². The van der Waals surface area contributed by atoms with Crippen molar-refractivity contribution < 1.29 is 18.3 Å². The van der Waals surface area contributed by atoms with Crippen molar-refractivity contribution >= 4 is 11.7 Å². The van der Waals surface area contributed by atoms with Gasteiger partial charge in [-0.3, -0.25) is 4.98 Å². The van der Waals surface area contributed by atoms with Gasteiger partial charge in [-0.15, -0.1) is 0 Å². The minimum atomic E-state index is -1.15. The molecule has 0 spiro atoms. The summed E-state index contributed by atoms with van der Waals surface area (Å²) in [5.74, 6) is -3.08. The number of carbonyl (C=O) groups is 1. The van der Waals surface area contributed by atoms with Crippen molar-refractivity contribution in [2.24, 2.45) is 0 Å². The summed E-state index contributed by atoms with van der Waals surface area (Å²) in [6.07, 6.45) is 3.11. The third-order valence-corrected chi connectivity index (χ3v) is 2.41. The molecule has 0 aliphatic carbocycles. The number of rotatable bonds is 3. The summed E-state index contributed by atoms with van der Waals surface area (Å²) in [6.45, 7) is -0.0227. The van der Waals surface area contributed by atoms with Gasteiger partial charge in [-0.25, -0.2) is 13.6 Å². The quantitative estimate of drug-likeness (QED) is 0.682. The van der Waals surface area contributed by atoms with Crippen LogP contribution in [0.5, 0.6) is 0 Å². The van der Waals surface area contributed by atoms with Crippen molar-refractivity contribution in [3.05, 3.63) is 59.4 Å². The highest BCUT2D eigenvalue weighted by molar-refractivity contribution is 5.95. The van der Waals surface area contributed by atoms with E-state index in [0.717, 1.165) is 12.1 Å². The summed E-state index contributed by atoms with van der Waals surface area (Å²) in [7, 11) is 0. The van der Waals surface area contributed by atoms with Crippen LogP contribution in [-0.4, -0.2) is 11.0 Å². The van der Waals surface area contributed by atoms with Crippen molar-refractivity contribution in [1.82, 2.24) is 4.98 Å². The van der Waals surface area contributed by atoms with E-state index in [1.165, 1.54) is 6.20 Å². The summed E-state index contributed by atoms with van der Waals surface area (Å²) in [5.41, 5.74) is 5.74. The molecule has 4 nitrogen and oxygen atoms in total. The number of hydrogen-bond donors (Lipinski definition) is 1. The molecule has 19 heavy (non-hydrogen) atoms. The highest BCUT2D eigenvalue weighted by Crippen LogP contribution is 2.18. The molecule has 0 saturated carbocycles. The molecule has 1 aromatic heterocycles. The number of halogens is 2. The Balaban J connectivity index is 2.10. The first-order valence-electron chi connectivity index (χ1n) is 5.38. The summed E-state index contributed by atoms with van der Waals surface area (Å²) in [6, 6.07) is 4.87. The van der Waals surface area contributed by atoms with Crippen molar-refractivity contribution in [3.63, 3.8) is 0 Å². The van der Waals surface area contributed by atoms with Crippen LogP contribution >= 0.6 is 0 Å². The zero-order valence-electron chi connectivity index (χ0n) is 9.77. The summed E-state index contributed by atoms with van der Waals surface area (Å²) >= 11 is 0. The molecule has 0 saturated heterocycles. The van der Waals surface area contributed by atoms with Gasteiger partial charge in [0.25, 0.3) is 0 Å².